The summed E-state index contributed by atoms with van der Waals surface area (Å²) in [6.45, 7) is 2.36. The molecule has 0 saturated carbocycles. The normalized spacial score (nSPS) is 10.8. The van der Waals surface area contributed by atoms with E-state index in [0.717, 1.165) is 11.3 Å². The third kappa shape index (κ3) is 3.05. The lowest BCUT2D eigenvalue weighted by Gasteiger charge is -2.02. The molecule has 3 heterocycles. The van der Waals surface area contributed by atoms with Crippen LogP contribution in [0.1, 0.15) is 11.3 Å². The van der Waals surface area contributed by atoms with Gasteiger partial charge >= 0.3 is 0 Å². The molecule has 3 rings (SSSR count). The summed E-state index contributed by atoms with van der Waals surface area (Å²) in [6.07, 6.45) is 3.18. The molecule has 0 aliphatic heterocycles. The van der Waals surface area contributed by atoms with Crippen LogP contribution in [0.4, 0.5) is 4.39 Å². The van der Waals surface area contributed by atoms with Crippen molar-refractivity contribution in [2.24, 2.45) is 0 Å². The minimum absolute atomic E-state index is 0.460. The van der Waals surface area contributed by atoms with Crippen molar-refractivity contribution < 1.29 is 4.39 Å². The maximum Gasteiger partial charge on any atom is 0.212 e. The monoisotopic (exact) mass is 303 g/mol. The molecule has 21 heavy (non-hydrogen) atoms. The number of halogens is 2. The highest BCUT2D eigenvalue weighted by Crippen LogP contribution is 2.16. The van der Waals surface area contributed by atoms with Crippen LogP contribution in [0.2, 0.25) is 5.15 Å². The zero-order valence-electron chi connectivity index (χ0n) is 11.2. The van der Waals surface area contributed by atoms with Gasteiger partial charge in [0.1, 0.15) is 10.8 Å². The van der Waals surface area contributed by atoms with E-state index < -0.39 is 5.95 Å². The molecule has 3 aromatic rings. The van der Waals surface area contributed by atoms with E-state index in [9.17, 15) is 4.39 Å². The van der Waals surface area contributed by atoms with Gasteiger partial charge < -0.3 is 0 Å². The van der Waals surface area contributed by atoms with Gasteiger partial charge in [-0.15, -0.1) is 5.10 Å². The highest BCUT2D eigenvalue weighted by molar-refractivity contribution is 6.30. The fourth-order valence-corrected chi connectivity index (χ4v) is 2.00. The van der Waals surface area contributed by atoms with E-state index in [2.05, 4.69) is 20.3 Å². The zero-order chi connectivity index (χ0) is 14.8. The SMILES string of the molecule is Cc1ccc(Cn2cc(-c3ccc(F)nc3)nn2)nc1Cl. The number of aromatic nitrogens is 5. The Hall–Kier alpha value is -2.34. The molecule has 0 amide bonds. The standard InChI is InChI=1S/C14H11ClFN5/c1-9-2-4-11(18-14(9)15)7-21-8-12(19-20-21)10-3-5-13(16)17-6-10/h2-6,8H,7H2,1H3. The first-order valence-corrected chi connectivity index (χ1v) is 6.64. The lowest BCUT2D eigenvalue weighted by Crippen LogP contribution is -2.03. The lowest BCUT2D eigenvalue weighted by molar-refractivity contribution is 0.584. The van der Waals surface area contributed by atoms with Gasteiger partial charge in [-0.05, 0) is 30.7 Å². The van der Waals surface area contributed by atoms with Gasteiger partial charge in [0.2, 0.25) is 5.95 Å². The Kier molecular flexibility index (Phi) is 3.62. The zero-order valence-corrected chi connectivity index (χ0v) is 11.9. The van der Waals surface area contributed by atoms with E-state index in [4.69, 9.17) is 11.6 Å². The molecule has 0 aliphatic carbocycles. The average molecular weight is 304 g/mol. The van der Waals surface area contributed by atoms with Gasteiger partial charge in [-0.1, -0.05) is 22.9 Å². The minimum atomic E-state index is -0.523. The van der Waals surface area contributed by atoms with E-state index >= 15 is 0 Å². The second-order valence-electron chi connectivity index (χ2n) is 4.58. The van der Waals surface area contributed by atoms with E-state index in [0.29, 0.717) is 23.0 Å². The maximum absolute atomic E-state index is 12.8. The summed E-state index contributed by atoms with van der Waals surface area (Å²) in [5.41, 5.74) is 3.05. The fourth-order valence-electron chi connectivity index (χ4n) is 1.83. The number of nitrogens with zero attached hydrogens (tertiary/aromatic N) is 5. The Morgan fingerprint density at radius 1 is 1.24 bits per heavy atom. The van der Waals surface area contributed by atoms with Crippen LogP contribution in [0.5, 0.6) is 0 Å². The smallest absolute Gasteiger partial charge is 0.212 e. The molecule has 0 spiro atoms. The Morgan fingerprint density at radius 2 is 2.10 bits per heavy atom. The average Bonchev–Trinajstić information content (AvgIpc) is 2.92. The Labute approximate surface area is 125 Å². The van der Waals surface area contributed by atoms with Gasteiger partial charge in [0.15, 0.2) is 0 Å². The van der Waals surface area contributed by atoms with Crippen LogP contribution in [0.25, 0.3) is 11.3 Å². The lowest BCUT2D eigenvalue weighted by atomic mass is 10.2. The predicted molar refractivity (Wildman–Crippen MR) is 76.3 cm³/mol. The molecule has 0 unspecified atom stereocenters. The van der Waals surface area contributed by atoms with Crippen molar-refractivity contribution in [2.45, 2.75) is 13.5 Å². The largest absolute Gasteiger partial charge is 0.246 e. The van der Waals surface area contributed by atoms with E-state index in [1.54, 1.807) is 16.9 Å². The van der Waals surface area contributed by atoms with Gasteiger partial charge in [0.25, 0.3) is 0 Å². The topological polar surface area (TPSA) is 56.5 Å². The molecular formula is C14H11ClFN5. The van der Waals surface area contributed by atoms with Crippen LogP contribution in [0.3, 0.4) is 0 Å². The van der Waals surface area contributed by atoms with Gasteiger partial charge in [-0.2, -0.15) is 4.39 Å². The summed E-state index contributed by atoms with van der Waals surface area (Å²) in [5, 5.41) is 8.55. The molecule has 0 radical (unpaired) electrons. The first kappa shape index (κ1) is 13.6. The number of aryl methyl sites for hydroxylation is 1. The highest BCUT2D eigenvalue weighted by atomic mass is 35.5. The van der Waals surface area contributed by atoms with Gasteiger partial charge in [-0.25, -0.2) is 14.6 Å². The molecule has 0 fully saturated rings. The minimum Gasteiger partial charge on any atom is -0.246 e. The Bertz CT molecular complexity index is 769. The summed E-state index contributed by atoms with van der Waals surface area (Å²) in [5.74, 6) is -0.523. The maximum atomic E-state index is 12.8. The van der Waals surface area contributed by atoms with Crippen molar-refractivity contribution in [1.29, 1.82) is 0 Å². The number of rotatable bonds is 3. The molecule has 0 N–H and O–H groups in total. The molecular weight excluding hydrogens is 293 g/mol. The Morgan fingerprint density at radius 3 is 2.81 bits per heavy atom. The summed E-state index contributed by atoms with van der Waals surface area (Å²) in [7, 11) is 0. The Balaban J connectivity index is 1.81. The van der Waals surface area contributed by atoms with Crippen molar-refractivity contribution in [2.75, 3.05) is 0 Å². The van der Waals surface area contributed by atoms with Crippen LogP contribution in [0, 0.1) is 12.9 Å². The van der Waals surface area contributed by atoms with Crippen LogP contribution in [-0.4, -0.2) is 25.0 Å². The number of hydrogen-bond acceptors (Lipinski definition) is 4. The number of hydrogen-bond donors (Lipinski definition) is 0. The van der Waals surface area contributed by atoms with Gasteiger partial charge in [0.05, 0.1) is 18.4 Å². The van der Waals surface area contributed by atoms with Gasteiger partial charge in [0, 0.05) is 11.8 Å². The van der Waals surface area contributed by atoms with E-state index in [1.165, 1.54) is 12.3 Å². The summed E-state index contributed by atoms with van der Waals surface area (Å²) in [4.78, 5) is 7.87. The predicted octanol–water partition coefficient (Wildman–Crippen LogP) is 2.88. The molecule has 3 aromatic heterocycles. The highest BCUT2D eigenvalue weighted by Gasteiger charge is 2.06. The van der Waals surface area contributed by atoms with Crippen molar-refractivity contribution in [1.82, 2.24) is 25.0 Å². The third-order valence-electron chi connectivity index (χ3n) is 2.98. The molecule has 7 heteroatoms. The third-order valence-corrected chi connectivity index (χ3v) is 3.36. The van der Waals surface area contributed by atoms with Crippen LogP contribution < -0.4 is 0 Å². The molecule has 0 saturated heterocycles. The molecule has 0 aromatic carbocycles. The van der Waals surface area contributed by atoms with Gasteiger partial charge in [-0.3, -0.25) is 0 Å². The van der Waals surface area contributed by atoms with E-state index in [-0.39, 0.29) is 0 Å². The van der Waals surface area contributed by atoms with Crippen molar-refractivity contribution in [3.05, 3.63) is 59.0 Å². The first-order chi connectivity index (χ1) is 10.1. The summed E-state index contributed by atoms with van der Waals surface area (Å²) < 4.78 is 14.4. The summed E-state index contributed by atoms with van der Waals surface area (Å²) >= 11 is 6.00. The van der Waals surface area contributed by atoms with Crippen LogP contribution in [0.15, 0.2) is 36.7 Å². The van der Waals surface area contributed by atoms with E-state index in [1.807, 2.05) is 19.1 Å². The first-order valence-electron chi connectivity index (χ1n) is 6.26. The fraction of sp³-hybridized carbons (Fsp3) is 0.143. The molecule has 0 aliphatic rings. The second kappa shape index (κ2) is 5.57. The summed E-state index contributed by atoms with van der Waals surface area (Å²) in [6, 6.07) is 6.70. The van der Waals surface area contributed by atoms with Crippen molar-refractivity contribution in [3.63, 3.8) is 0 Å². The molecule has 0 bridgehead atoms. The van der Waals surface area contributed by atoms with Crippen molar-refractivity contribution in [3.8, 4) is 11.3 Å². The molecule has 5 nitrogen and oxygen atoms in total. The number of pyridine rings is 2. The molecule has 106 valence electrons. The van der Waals surface area contributed by atoms with Crippen LogP contribution in [-0.2, 0) is 6.54 Å². The van der Waals surface area contributed by atoms with Crippen LogP contribution >= 0.6 is 11.6 Å². The second-order valence-corrected chi connectivity index (χ2v) is 4.94. The molecule has 0 atom stereocenters. The quantitative estimate of drug-likeness (QED) is 0.698. The van der Waals surface area contributed by atoms with Crippen molar-refractivity contribution >= 4 is 11.6 Å².